The summed E-state index contributed by atoms with van der Waals surface area (Å²) in [4.78, 5) is 51.5. The van der Waals surface area contributed by atoms with E-state index in [0.717, 1.165) is 76.6 Å². The van der Waals surface area contributed by atoms with Crippen molar-refractivity contribution in [1.29, 1.82) is 0 Å². The Bertz CT molecular complexity index is 2170. The third-order valence-electron chi connectivity index (χ3n) is 13.3. The third-order valence-corrected chi connectivity index (χ3v) is 13.3. The molecule has 10 heteroatoms. The van der Waals surface area contributed by atoms with Crippen molar-refractivity contribution in [3.8, 4) is 34.5 Å². The molecule has 0 bridgehead atoms. The Hall–Kier alpha value is -5.12. The van der Waals surface area contributed by atoms with E-state index in [1.165, 1.54) is 52.1 Å². The molecule has 3 unspecified atom stereocenters. The normalized spacial score (nSPS) is 15.2. The maximum Gasteiger partial charge on any atom is 0.311 e. The number of hydrogen-bond acceptors (Lipinski definition) is 10. The Balaban J connectivity index is 1.20. The second kappa shape index (κ2) is 26.4. The summed E-state index contributed by atoms with van der Waals surface area (Å²) in [5.74, 6) is 4.49. The van der Waals surface area contributed by atoms with Gasteiger partial charge < -0.3 is 28.4 Å². The van der Waals surface area contributed by atoms with Gasteiger partial charge in [0.1, 0.15) is 28.7 Å². The lowest BCUT2D eigenvalue weighted by Gasteiger charge is -2.38. The van der Waals surface area contributed by atoms with Crippen molar-refractivity contribution in [2.24, 2.45) is 17.8 Å². The molecule has 0 saturated heterocycles. The Morgan fingerprint density at radius 2 is 1.16 bits per heavy atom. The lowest BCUT2D eigenvalue weighted by Crippen LogP contribution is -2.37. The van der Waals surface area contributed by atoms with E-state index < -0.39 is 11.9 Å². The zero-order valence-electron chi connectivity index (χ0n) is 42.7. The molecule has 4 rings (SSSR count). The lowest BCUT2D eigenvalue weighted by molar-refractivity contribution is -0.140. The van der Waals surface area contributed by atoms with E-state index in [2.05, 4.69) is 41.2 Å². The number of allylic oxidation sites excluding steroid dienone is 1. The SMILES string of the molecule is C=C(C)Oc1ccc(CCC(=O)CC(=O)CCc2ccc(OC(=O)CCC(=O)Oc3c(C)c(C)c4c(c3C)CCC(C)(CCCC(C)CCCC(C)CCCC(C)C)O4)c(OC)c2)cc1OC. The van der Waals surface area contributed by atoms with Crippen LogP contribution in [-0.4, -0.2) is 43.3 Å². The fraction of sp³-hybridized carbons (Fsp3) is 0.579. The predicted octanol–water partition coefficient (Wildman–Crippen LogP) is 13.4. The van der Waals surface area contributed by atoms with Gasteiger partial charge in [-0.15, -0.1) is 0 Å². The van der Waals surface area contributed by atoms with Gasteiger partial charge in [0.2, 0.25) is 0 Å². The van der Waals surface area contributed by atoms with Gasteiger partial charge in [-0.3, -0.25) is 19.2 Å². The summed E-state index contributed by atoms with van der Waals surface area (Å²) in [5, 5.41) is 0. The number of Topliss-reactive ketones (excluding diaryl/α,β-unsaturated/α-hetero) is 2. The number of hydrogen-bond donors (Lipinski definition) is 0. The van der Waals surface area contributed by atoms with Gasteiger partial charge in [0.15, 0.2) is 23.0 Å². The quantitative estimate of drug-likeness (QED) is 0.0288. The van der Waals surface area contributed by atoms with Crippen molar-refractivity contribution in [3.05, 3.63) is 82.1 Å². The number of methoxy groups -OCH3 is 2. The number of aryl methyl sites for hydroxylation is 2. The molecule has 0 amide bonds. The summed E-state index contributed by atoms with van der Waals surface area (Å²) >= 11 is 0. The monoisotopic (exact) mass is 925 g/mol. The molecule has 1 aliphatic rings. The summed E-state index contributed by atoms with van der Waals surface area (Å²) in [6.45, 7) is 23.1. The average molecular weight is 925 g/mol. The molecule has 3 atom stereocenters. The molecular formula is C57H80O10. The van der Waals surface area contributed by atoms with Crippen molar-refractivity contribution in [1.82, 2.24) is 0 Å². The predicted molar refractivity (Wildman–Crippen MR) is 266 cm³/mol. The van der Waals surface area contributed by atoms with E-state index in [0.29, 0.717) is 47.5 Å². The first-order chi connectivity index (χ1) is 31.8. The Kier molecular flexibility index (Phi) is 21.5. The molecule has 0 N–H and O–H groups in total. The number of ether oxygens (including phenoxy) is 6. The summed E-state index contributed by atoms with van der Waals surface area (Å²) in [5.41, 5.74) is 5.26. The van der Waals surface area contributed by atoms with Crippen LogP contribution in [0.25, 0.3) is 0 Å². The Labute approximate surface area is 401 Å². The molecule has 3 aromatic carbocycles. The average Bonchev–Trinajstić information content (AvgIpc) is 3.27. The molecule has 1 heterocycles. The molecule has 0 aromatic heterocycles. The Morgan fingerprint density at radius 1 is 0.657 bits per heavy atom. The van der Waals surface area contributed by atoms with Crippen molar-refractivity contribution in [2.75, 3.05) is 14.2 Å². The molecule has 0 aliphatic carbocycles. The number of fused-ring (bicyclic) bond motifs is 1. The molecular weight excluding hydrogens is 845 g/mol. The minimum absolute atomic E-state index is 0.139. The zero-order chi connectivity index (χ0) is 49.3. The number of ketones is 2. The van der Waals surface area contributed by atoms with Crippen LogP contribution < -0.4 is 28.4 Å². The summed E-state index contributed by atoms with van der Waals surface area (Å²) in [6.07, 6.45) is 13.8. The molecule has 0 fully saturated rings. The van der Waals surface area contributed by atoms with Crippen LogP contribution in [0.2, 0.25) is 0 Å². The highest BCUT2D eigenvalue weighted by atomic mass is 16.6. The van der Waals surface area contributed by atoms with Crippen molar-refractivity contribution in [2.45, 2.75) is 183 Å². The first-order valence-corrected chi connectivity index (χ1v) is 24.7. The maximum atomic E-state index is 13.2. The molecule has 67 heavy (non-hydrogen) atoms. The van der Waals surface area contributed by atoms with Crippen LogP contribution in [0.1, 0.15) is 171 Å². The Morgan fingerprint density at radius 3 is 1.69 bits per heavy atom. The van der Waals surface area contributed by atoms with E-state index in [1.54, 1.807) is 38.3 Å². The van der Waals surface area contributed by atoms with Crippen LogP contribution in [0.4, 0.5) is 0 Å². The van der Waals surface area contributed by atoms with E-state index in [9.17, 15) is 19.2 Å². The number of benzene rings is 3. The van der Waals surface area contributed by atoms with Crippen LogP contribution in [0.3, 0.4) is 0 Å². The number of esters is 2. The largest absolute Gasteiger partial charge is 0.493 e. The highest BCUT2D eigenvalue weighted by Crippen LogP contribution is 2.45. The summed E-state index contributed by atoms with van der Waals surface area (Å²) < 4.78 is 34.8. The zero-order valence-corrected chi connectivity index (χ0v) is 42.7. The highest BCUT2D eigenvalue weighted by Gasteiger charge is 2.35. The van der Waals surface area contributed by atoms with Crippen molar-refractivity contribution >= 4 is 23.5 Å². The molecule has 0 spiro atoms. The van der Waals surface area contributed by atoms with Crippen molar-refractivity contribution < 1.29 is 47.6 Å². The first kappa shape index (κ1) is 54.5. The third kappa shape index (κ3) is 17.5. The van der Waals surface area contributed by atoms with E-state index >= 15 is 0 Å². The molecule has 0 radical (unpaired) electrons. The van der Waals surface area contributed by atoms with E-state index in [-0.39, 0.29) is 55.0 Å². The van der Waals surface area contributed by atoms with Gasteiger partial charge in [-0.2, -0.15) is 0 Å². The van der Waals surface area contributed by atoms with Crippen LogP contribution >= 0.6 is 0 Å². The maximum absolute atomic E-state index is 13.2. The van der Waals surface area contributed by atoms with Gasteiger partial charge >= 0.3 is 11.9 Å². The van der Waals surface area contributed by atoms with Gasteiger partial charge in [-0.1, -0.05) is 91.4 Å². The second-order valence-corrected chi connectivity index (χ2v) is 19.9. The summed E-state index contributed by atoms with van der Waals surface area (Å²) in [6, 6.07) is 10.5. The van der Waals surface area contributed by atoms with Gasteiger partial charge in [0, 0.05) is 18.4 Å². The van der Waals surface area contributed by atoms with Gasteiger partial charge in [-0.05, 0) is 143 Å². The van der Waals surface area contributed by atoms with E-state index in [1.807, 2.05) is 32.9 Å². The fourth-order valence-electron chi connectivity index (χ4n) is 9.01. The van der Waals surface area contributed by atoms with E-state index in [4.69, 9.17) is 28.4 Å². The first-order valence-electron chi connectivity index (χ1n) is 24.7. The second-order valence-electron chi connectivity index (χ2n) is 19.9. The topological polar surface area (TPSA) is 124 Å². The minimum Gasteiger partial charge on any atom is -0.493 e. The smallest absolute Gasteiger partial charge is 0.311 e. The molecule has 3 aromatic rings. The number of carbonyl (C=O) groups is 4. The van der Waals surface area contributed by atoms with Crippen molar-refractivity contribution in [3.63, 3.8) is 0 Å². The summed E-state index contributed by atoms with van der Waals surface area (Å²) in [7, 11) is 3.01. The highest BCUT2D eigenvalue weighted by molar-refractivity contribution is 5.99. The van der Waals surface area contributed by atoms with Crippen LogP contribution in [0, 0.1) is 38.5 Å². The van der Waals surface area contributed by atoms with Gasteiger partial charge in [-0.25, -0.2) is 0 Å². The van der Waals surface area contributed by atoms with Crippen LogP contribution in [0.5, 0.6) is 34.5 Å². The standard InChI is InChI=1S/C57H80O10/c1-37(2)16-13-17-39(5)18-14-19-40(6)20-15-32-57(10)33-31-48-43(9)55(41(7)42(8)56(48)67-57)66-54(61)30-29-53(60)65-50-28-24-45(35-52(50)63-12)22-26-47(59)36-46(58)25-21-44-23-27-49(64-38(3)4)51(34-44)62-11/h23-24,27-28,34-35,37,39-40H,3,13-22,25-26,29-33,36H2,1-2,4-12H3. The fourth-order valence-corrected chi connectivity index (χ4v) is 9.01. The van der Waals surface area contributed by atoms with Gasteiger partial charge in [0.25, 0.3) is 0 Å². The number of rotatable bonds is 29. The van der Waals surface area contributed by atoms with Gasteiger partial charge in [0.05, 0.1) is 39.2 Å². The molecule has 368 valence electrons. The lowest BCUT2D eigenvalue weighted by atomic mass is 9.83. The molecule has 0 saturated carbocycles. The van der Waals surface area contributed by atoms with Crippen LogP contribution in [0.15, 0.2) is 48.7 Å². The minimum atomic E-state index is -0.606. The number of carbonyl (C=O) groups excluding carboxylic acids is 4. The van der Waals surface area contributed by atoms with Crippen LogP contribution in [-0.2, 0) is 38.4 Å². The molecule has 1 aliphatic heterocycles. The molecule has 10 nitrogen and oxygen atoms in total.